The van der Waals surface area contributed by atoms with Crippen LogP contribution in [0.1, 0.15) is 30.1 Å². The normalized spacial score (nSPS) is 14.3. The zero-order valence-corrected chi connectivity index (χ0v) is 14.1. The van der Waals surface area contributed by atoms with Gasteiger partial charge in [-0.2, -0.15) is 0 Å². The predicted octanol–water partition coefficient (Wildman–Crippen LogP) is 3.87. The van der Waals surface area contributed by atoms with Crippen molar-refractivity contribution in [1.82, 2.24) is 24.4 Å². The van der Waals surface area contributed by atoms with Gasteiger partial charge in [-0.1, -0.05) is 28.4 Å². The van der Waals surface area contributed by atoms with Crippen molar-refractivity contribution in [3.8, 4) is 10.7 Å². The second-order valence-corrected chi connectivity index (χ2v) is 7.21. The molecule has 0 bridgehead atoms. The molecule has 1 aliphatic rings. The van der Waals surface area contributed by atoms with Crippen LogP contribution in [0, 0.1) is 12.7 Å². The van der Waals surface area contributed by atoms with E-state index in [0.717, 1.165) is 40.0 Å². The average molecular weight is 347 g/mol. The number of hydrogen-bond donors (Lipinski definition) is 0. The first kappa shape index (κ1) is 14.8. The van der Waals surface area contributed by atoms with Gasteiger partial charge in [0.25, 0.3) is 0 Å². The van der Waals surface area contributed by atoms with Crippen molar-refractivity contribution in [2.75, 3.05) is 0 Å². The Morgan fingerprint density at radius 2 is 2.17 bits per heavy atom. The highest BCUT2D eigenvalue weighted by Crippen LogP contribution is 2.42. The van der Waals surface area contributed by atoms with Crippen molar-refractivity contribution < 1.29 is 4.39 Å². The Kier molecular flexibility index (Phi) is 3.86. The molecule has 0 amide bonds. The molecular weight excluding hydrogens is 333 g/mol. The van der Waals surface area contributed by atoms with Crippen molar-refractivity contribution in [2.45, 2.75) is 36.7 Å². The number of rotatable bonds is 5. The minimum atomic E-state index is -0.209. The Morgan fingerprint density at radius 3 is 2.87 bits per heavy atom. The third-order valence-corrected chi connectivity index (χ3v) is 5.53. The van der Waals surface area contributed by atoms with Gasteiger partial charge in [0.05, 0.1) is 5.69 Å². The van der Waals surface area contributed by atoms with Crippen molar-refractivity contribution >= 4 is 23.3 Å². The summed E-state index contributed by atoms with van der Waals surface area (Å²) < 4.78 is 19.5. The van der Waals surface area contributed by atoms with E-state index in [2.05, 4.69) is 24.4 Å². The number of thioether (sulfide) groups is 1. The SMILES string of the molecule is Cc1nnsc1-c1nnc(SCc2cccc(F)c2)n1C1CC1. The fourth-order valence-electron chi connectivity index (χ4n) is 2.40. The third-order valence-electron chi connectivity index (χ3n) is 3.69. The monoisotopic (exact) mass is 347 g/mol. The number of aromatic nitrogens is 5. The van der Waals surface area contributed by atoms with Gasteiger partial charge in [-0.3, -0.25) is 4.57 Å². The van der Waals surface area contributed by atoms with E-state index < -0.39 is 0 Å². The summed E-state index contributed by atoms with van der Waals surface area (Å²) in [5.74, 6) is 1.31. The molecular formula is C15H14FN5S2. The zero-order chi connectivity index (χ0) is 15.8. The summed E-state index contributed by atoms with van der Waals surface area (Å²) in [7, 11) is 0. The molecule has 0 N–H and O–H groups in total. The number of aryl methyl sites for hydroxylation is 1. The number of benzene rings is 1. The summed E-state index contributed by atoms with van der Waals surface area (Å²) in [6.45, 7) is 1.93. The second-order valence-electron chi connectivity index (χ2n) is 5.51. The number of nitrogens with zero attached hydrogens (tertiary/aromatic N) is 5. The van der Waals surface area contributed by atoms with E-state index in [0.29, 0.717) is 11.8 Å². The highest BCUT2D eigenvalue weighted by atomic mass is 32.2. The Balaban J connectivity index is 1.62. The van der Waals surface area contributed by atoms with E-state index in [4.69, 9.17) is 0 Å². The van der Waals surface area contributed by atoms with Crippen LogP contribution in [0.2, 0.25) is 0 Å². The van der Waals surface area contributed by atoms with E-state index in [9.17, 15) is 4.39 Å². The van der Waals surface area contributed by atoms with Crippen LogP contribution < -0.4 is 0 Å². The molecule has 5 nitrogen and oxygen atoms in total. The summed E-state index contributed by atoms with van der Waals surface area (Å²) in [4.78, 5) is 0.974. The Bertz CT molecular complexity index is 840. The molecule has 3 aromatic rings. The summed E-state index contributed by atoms with van der Waals surface area (Å²) in [6, 6.07) is 7.12. The lowest BCUT2D eigenvalue weighted by molar-refractivity contribution is 0.626. The van der Waals surface area contributed by atoms with Crippen LogP contribution >= 0.6 is 23.3 Å². The topological polar surface area (TPSA) is 56.5 Å². The van der Waals surface area contributed by atoms with Gasteiger partial charge in [-0.15, -0.1) is 15.3 Å². The fourth-order valence-corrected chi connectivity index (χ4v) is 3.99. The first-order chi connectivity index (χ1) is 11.2. The lowest BCUT2D eigenvalue weighted by Crippen LogP contribution is -1.99. The first-order valence-corrected chi connectivity index (χ1v) is 9.10. The van der Waals surface area contributed by atoms with Crippen molar-refractivity contribution in [2.24, 2.45) is 0 Å². The van der Waals surface area contributed by atoms with Gasteiger partial charge in [0, 0.05) is 11.8 Å². The van der Waals surface area contributed by atoms with E-state index >= 15 is 0 Å². The van der Waals surface area contributed by atoms with E-state index in [-0.39, 0.29) is 5.82 Å². The minimum absolute atomic E-state index is 0.209. The predicted molar refractivity (Wildman–Crippen MR) is 87.9 cm³/mol. The standard InChI is InChI=1S/C15H14FN5S2/c1-9-13(23-20-17-9)14-18-19-15(21(14)12-5-6-12)22-8-10-3-2-4-11(16)7-10/h2-4,7,12H,5-6,8H2,1H3. The molecule has 23 heavy (non-hydrogen) atoms. The van der Waals surface area contributed by atoms with Crippen LogP contribution in [0.4, 0.5) is 4.39 Å². The van der Waals surface area contributed by atoms with Gasteiger partial charge in [0.1, 0.15) is 10.7 Å². The Labute approximate surface area is 141 Å². The van der Waals surface area contributed by atoms with Gasteiger partial charge < -0.3 is 0 Å². The maximum atomic E-state index is 13.3. The summed E-state index contributed by atoms with van der Waals surface area (Å²) >= 11 is 2.94. The molecule has 0 atom stereocenters. The maximum Gasteiger partial charge on any atom is 0.192 e. The van der Waals surface area contributed by atoms with Crippen molar-refractivity contribution in [3.05, 3.63) is 41.3 Å². The van der Waals surface area contributed by atoms with Crippen LogP contribution in [-0.4, -0.2) is 24.4 Å². The molecule has 0 unspecified atom stereocenters. The summed E-state index contributed by atoms with van der Waals surface area (Å²) in [5.41, 5.74) is 1.82. The summed E-state index contributed by atoms with van der Waals surface area (Å²) in [5, 5.41) is 13.6. The van der Waals surface area contributed by atoms with Crippen LogP contribution in [0.5, 0.6) is 0 Å². The molecule has 1 saturated carbocycles. The first-order valence-electron chi connectivity index (χ1n) is 7.34. The number of halogens is 1. The minimum Gasteiger partial charge on any atom is -0.298 e. The molecule has 2 heterocycles. The quantitative estimate of drug-likeness (QED) is 0.656. The van der Waals surface area contributed by atoms with E-state index in [1.54, 1.807) is 23.9 Å². The van der Waals surface area contributed by atoms with Gasteiger partial charge in [-0.05, 0) is 49.0 Å². The van der Waals surface area contributed by atoms with Gasteiger partial charge >= 0.3 is 0 Å². The zero-order valence-electron chi connectivity index (χ0n) is 12.4. The highest BCUT2D eigenvalue weighted by molar-refractivity contribution is 7.98. The van der Waals surface area contributed by atoms with Crippen molar-refractivity contribution in [1.29, 1.82) is 0 Å². The molecule has 8 heteroatoms. The van der Waals surface area contributed by atoms with Gasteiger partial charge in [0.15, 0.2) is 11.0 Å². The van der Waals surface area contributed by atoms with Gasteiger partial charge in [0.2, 0.25) is 0 Å². The molecule has 1 aromatic carbocycles. The molecule has 2 aromatic heterocycles. The van der Waals surface area contributed by atoms with Crippen molar-refractivity contribution in [3.63, 3.8) is 0 Å². The third kappa shape index (κ3) is 3.00. The lowest BCUT2D eigenvalue weighted by Gasteiger charge is -2.07. The lowest BCUT2D eigenvalue weighted by atomic mass is 10.2. The largest absolute Gasteiger partial charge is 0.298 e. The van der Waals surface area contributed by atoms with Crippen LogP contribution in [-0.2, 0) is 5.75 Å². The smallest absolute Gasteiger partial charge is 0.192 e. The Hall–Kier alpha value is -1.80. The molecule has 4 rings (SSSR count). The Morgan fingerprint density at radius 1 is 1.30 bits per heavy atom. The molecule has 0 spiro atoms. The second kappa shape index (κ2) is 6.01. The average Bonchev–Trinajstić information content (AvgIpc) is 3.15. The highest BCUT2D eigenvalue weighted by Gasteiger charge is 2.31. The summed E-state index contributed by atoms with van der Waals surface area (Å²) in [6.07, 6.45) is 2.29. The van der Waals surface area contributed by atoms with E-state index in [1.165, 1.54) is 17.6 Å². The van der Waals surface area contributed by atoms with E-state index in [1.807, 2.05) is 13.0 Å². The molecule has 0 radical (unpaired) electrons. The van der Waals surface area contributed by atoms with Crippen LogP contribution in [0.25, 0.3) is 10.7 Å². The molecule has 118 valence electrons. The molecule has 1 fully saturated rings. The fraction of sp³-hybridized carbons (Fsp3) is 0.333. The van der Waals surface area contributed by atoms with Gasteiger partial charge in [-0.25, -0.2) is 4.39 Å². The van der Waals surface area contributed by atoms with Crippen LogP contribution in [0.15, 0.2) is 29.4 Å². The number of hydrogen-bond acceptors (Lipinski definition) is 6. The molecule has 1 aliphatic carbocycles. The molecule has 0 aliphatic heterocycles. The maximum absolute atomic E-state index is 13.3. The molecule has 0 saturated heterocycles. The van der Waals surface area contributed by atoms with Crippen LogP contribution in [0.3, 0.4) is 0 Å².